The molecule has 0 N–H and O–H groups in total. The van der Waals surface area contributed by atoms with Crippen LogP contribution in [0.25, 0.3) is 0 Å². The van der Waals surface area contributed by atoms with E-state index < -0.39 is 10.0 Å². The average Bonchev–Trinajstić information content (AvgIpc) is 2.99. The largest absolute Gasteiger partial charge is 0.364 e. The molecule has 22 heavy (non-hydrogen) atoms. The van der Waals surface area contributed by atoms with E-state index in [2.05, 4.69) is 16.3 Å². The van der Waals surface area contributed by atoms with Crippen LogP contribution in [0.15, 0.2) is 53.8 Å². The van der Waals surface area contributed by atoms with Gasteiger partial charge in [0.05, 0.1) is 17.3 Å². The Hall–Kier alpha value is -2.43. The monoisotopic (exact) mass is 317 g/mol. The van der Waals surface area contributed by atoms with E-state index in [1.165, 1.54) is 22.7 Å². The normalized spacial score (nSPS) is 11.3. The minimum atomic E-state index is -3.55. The van der Waals surface area contributed by atoms with Crippen LogP contribution >= 0.6 is 0 Å². The van der Waals surface area contributed by atoms with Crippen molar-refractivity contribution < 1.29 is 12.9 Å². The summed E-state index contributed by atoms with van der Waals surface area (Å²) in [4.78, 5) is 0. The van der Waals surface area contributed by atoms with E-state index in [1.54, 1.807) is 24.3 Å². The van der Waals surface area contributed by atoms with E-state index in [1.807, 2.05) is 6.07 Å². The average molecular weight is 317 g/mol. The number of rotatable bonds is 7. The minimum Gasteiger partial charge on any atom is -0.364 e. The SMILES string of the molecule is C=CCN(Cc1ccc(C#N)cc1)S(=O)(=O)Cc1ccon1. The van der Waals surface area contributed by atoms with Crippen LogP contribution in [0, 0.1) is 11.3 Å². The topological polar surface area (TPSA) is 87.2 Å². The Morgan fingerprint density at radius 3 is 2.59 bits per heavy atom. The second-order valence-electron chi connectivity index (χ2n) is 4.64. The number of hydrogen-bond acceptors (Lipinski definition) is 5. The van der Waals surface area contributed by atoms with E-state index >= 15 is 0 Å². The molecule has 2 rings (SSSR count). The van der Waals surface area contributed by atoms with Crippen molar-refractivity contribution in [3.05, 3.63) is 66.1 Å². The molecule has 0 aliphatic rings. The third-order valence-corrected chi connectivity index (χ3v) is 4.72. The molecule has 1 heterocycles. The van der Waals surface area contributed by atoms with Gasteiger partial charge in [-0.1, -0.05) is 23.4 Å². The van der Waals surface area contributed by atoms with Crippen molar-refractivity contribution in [3.8, 4) is 6.07 Å². The van der Waals surface area contributed by atoms with Gasteiger partial charge in [0.2, 0.25) is 10.0 Å². The lowest BCUT2D eigenvalue weighted by Crippen LogP contribution is -2.32. The van der Waals surface area contributed by atoms with Crippen LogP contribution in [0.1, 0.15) is 16.8 Å². The third-order valence-electron chi connectivity index (χ3n) is 2.99. The molecule has 7 heteroatoms. The molecular weight excluding hydrogens is 302 g/mol. The van der Waals surface area contributed by atoms with Gasteiger partial charge in [0.1, 0.15) is 12.0 Å². The molecule has 0 spiro atoms. The van der Waals surface area contributed by atoms with Gasteiger partial charge in [-0.25, -0.2) is 8.42 Å². The van der Waals surface area contributed by atoms with Crippen molar-refractivity contribution in [1.82, 2.24) is 9.46 Å². The quantitative estimate of drug-likeness (QED) is 0.729. The van der Waals surface area contributed by atoms with E-state index in [4.69, 9.17) is 5.26 Å². The summed E-state index contributed by atoms with van der Waals surface area (Å²) in [5, 5.41) is 12.4. The second-order valence-corrected chi connectivity index (χ2v) is 6.61. The molecule has 0 aliphatic carbocycles. The standard InChI is InChI=1S/C15H15N3O3S/c1-2-8-18(11-14-5-3-13(10-16)4-6-14)22(19,20)12-15-7-9-21-17-15/h2-7,9H,1,8,11-12H2. The summed E-state index contributed by atoms with van der Waals surface area (Å²) in [6.45, 7) is 4.00. The van der Waals surface area contributed by atoms with Crippen molar-refractivity contribution in [2.24, 2.45) is 0 Å². The van der Waals surface area contributed by atoms with Crippen LogP contribution in [0.2, 0.25) is 0 Å². The van der Waals surface area contributed by atoms with Crippen LogP contribution < -0.4 is 0 Å². The number of benzene rings is 1. The van der Waals surface area contributed by atoms with E-state index in [0.717, 1.165) is 5.56 Å². The highest BCUT2D eigenvalue weighted by Crippen LogP contribution is 2.14. The predicted molar refractivity (Wildman–Crippen MR) is 80.9 cm³/mol. The van der Waals surface area contributed by atoms with Crippen molar-refractivity contribution in [3.63, 3.8) is 0 Å². The molecule has 0 aliphatic heterocycles. The van der Waals surface area contributed by atoms with E-state index in [-0.39, 0.29) is 18.8 Å². The lowest BCUT2D eigenvalue weighted by Gasteiger charge is -2.20. The molecule has 0 radical (unpaired) electrons. The predicted octanol–water partition coefficient (Wildman–Crippen LogP) is 2.06. The Morgan fingerprint density at radius 1 is 1.32 bits per heavy atom. The zero-order valence-corrected chi connectivity index (χ0v) is 12.7. The van der Waals surface area contributed by atoms with Gasteiger partial charge < -0.3 is 4.52 Å². The molecule has 2 aromatic rings. The Morgan fingerprint density at radius 2 is 2.05 bits per heavy atom. The number of aromatic nitrogens is 1. The van der Waals surface area contributed by atoms with Gasteiger partial charge in [-0.3, -0.25) is 0 Å². The van der Waals surface area contributed by atoms with Gasteiger partial charge in [0, 0.05) is 19.2 Å². The Balaban J connectivity index is 2.17. The van der Waals surface area contributed by atoms with Crippen LogP contribution in [0.4, 0.5) is 0 Å². The number of nitriles is 1. The minimum absolute atomic E-state index is 0.195. The Labute approximate surface area is 129 Å². The van der Waals surface area contributed by atoms with Crippen LogP contribution in [0.5, 0.6) is 0 Å². The van der Waals surface area contributed by atoms with E-state index in [9.17, 15) is 8.42 Å². The number of nitrogens with zero attached hydrogens (tertiary/aromatic N) is 3. The molecule has 0 amide bonds. The highest BCUT2D eigenvalue weighted by Gasteiger charge is 2.23. The first kappa shape index (κ1) is 15.9. The van der Waals surface area contributed by atoms with Gasteiger partial charge in [0.25, 0.3) is 0 Å². The summed E-state index contributed by atoms with van der Waals surface area (Å²) in [5.74, 6) is -0.229. The highest BCUT2D eigenvalue weighted by molar-refractivity contribution is 7.88. The molecule has 1 aromatic heterocycles. The zero-order valence-electron chi connectivity index (χ0n) is 11.8. The van der Waals surface area contributed by atoms with Gasteiger partial charge in [0.15, 0.2) is 0 Å². The molecule has 6 nitrogen and oxygen atoms in total. The van der Waals surface area contributed by atoms with Crippen LogP contribution in [-0.4, -0.2) is 24.4 Å². The Kier molecular flexibility index (Phi) is 5.09. The fourth-order valence-corrected chi connectivity index (χ4v) is 3.28. The van der Waals surface area contributed by atoms with Gasteiger partial charge in [-0.15, -0.1) is 6.58 Å². The van der Waals surface area contributed by atoms with Gasteiger partial charge in [-0.2, -0.15) is 9.57 Å². The molecule has 0 saturated heterocycles. The maximum Gasteiger partial charge on any atom is 0.220 e. The van der Waals surface area contributed by atoms with Crippen LogP contribution in [-0.2, 0) is 22.3 Å². The summed E-state index contributed by atoms with van der Waals surface area (Å²) in [6, 6.07) is 10.3. The smallest absolute Gasteiger partial charge is 0.220 e. The maximum absolute atomic E-state index is 12.5. The zero-order chi connectivity index (χ0) is 16.0. The Bertz CT molecular complexity index is 759. The number of hydrogen-bond donors (Lipinski definition) is 0. The maximum atomic E-state index is 12.5. The van der Waals surface area contributed by atoms with E-state index in [0.29, 0.717) is 11.3 Å². The van der Waals surface area contributed by atoms with Gasteiger partial charge in [-0.05, 0) is 17.7 Å². The van der Waals surface area contributed by atoms with Crippen molar-refractivity contribution in [2.75, 3.05) is 6.54 Å². The molecule has 0 unspecified atom stereocenters. The van der Waals surface area contributed by atoms with Gasteiger partial charge >= 0.3 is 0 Å². The molecule has 0 saturated carbocycles. The summed E-state index contributed by atoms with van der Waals surface area (Å²) in [5.41, 5.74) is 1.68. The molecule has 0 atom stereocenters. The lowest BCUT2D eigenvalue weighted by molar-refractivity contribution is 0.409. The fraction of sp³-hybridized carbons (Fsp3) is 0.200. The first-order valence-electron chi connectivity index (χ1n) is 6.52. The van der Waals surface area contributed by atoms with Crippen molar-refractivity contribution in [1.29, 1.82) is 5.26 Å². The molecule has 0 fully saturated rings. The van der Waals surface area contributed by atoms with Crippen molar-refractivity contribution in [2.45, 2.75) is 12.3 Å². The highest BCUT2D eigenvalue weighted by atomic mass is 32.2. The first-order valence-corrected chi connectivity index (χ1v) is 8.13. The summed E-state index contributed by atoms with van der Waals surface area (Å²) >= 11 is 0. The summed E-state index contributed by atoms with van der Waals surface area (Å²) < 4.78 is 30.9. The number of sulfonamides is 1. The summed E-state index contributed by atoms with van der Waals surface area (Å²) in [6.07, 6.45) is 2.87. The lowest BCUT2D eigenvalue weighted by atomic mass is 10.1. The van der Waals surface area contributed by atoms with Crippen molar-refractivity contribution >= 4 is 10.0 Å². The second kappa shape index (κ2) is 7.02. The molecule has 0 bridgehead atoms. The first-order chi connectivity index (χ1) is 10.5. The molecular formula is C15H15N3O3S. The third kappa shape index (κ3) is 4.04. The van der Waals surface area contributed by atoms with Crippen LogP contribution in [0.3, 0.4) is 0 Å². The molecule has 1 aromatic carbocycles. The summed E-state index contributed by atoms with van der Waals surface area (Å²) in [7, 11) is -3.55. The fourth-order valence-electron chi connectivity index (χ4n) is 1.90. The molecule has 114 valence electrons.